The van der Waals surface area contributed by atoms with Crippen molar-refractivity contribution in [1.29, 1.82) is 0 Å². The van der Waals surface area contributed by atoms with E-state index in [4.69, 9.17) is 21.8 Å². The van der Waals surface area contributed by atoms with Crippen LogP contribution >= 0.6 is 11.6 Å². The number of carboxylic acid groups (broad SMARTS) is 1. The van der Waals surface area contributed by atoms with Crippen molar-refractivity contribution in [3.63, 3.8) is 0 Å². The Morgan fingerprint density at radius 2 is 1.94 bits per heavy atom. The molecule has 7 nitrogen and oxygen atoms in total. The fraction of sp³-hybridized carbons (Fsp3) is 0.115. The highest BCUT2D eigenvalue weighted by Crippen LogP contribution is 2.33. The van der Waals surface area contributed by atoms with Crippen LogP contribution in [0.15, 0.2) is 74.9 Å². The number of carboxylic acids is 1. The molecule has 0 saturated carbocycles. The number of anilines is 2. The van der Waals surface area contributed by atoms with Gasteiger partial charge in [0.25, 0.3) is 0 Å². The summed E-state index contributed by atoms with van der Waals surface area (Å²) in [5, 5.41) is 13.4. The van der Waals surface area contributed by atoms with Crippen LogP contribution in [0.4, 0.5) is 11.4 Å². The molecule has 0 spiro atoms. The number of nitrogens with zero attached hydrogens (tertiary/aromatic N) is 1. The first-order valence-corrected chi connectivity index (χ1v) is 10.8. The van der Waals surface area contributed by atoms with E-state index in [2.05, 4.69) is 10.3 Å². The number of carbonyl (C=O) groups is 1. The Labute approximate surface area is 200 Å². The molecule has 4 N–H and O–H groups in total. The summed E-state index contributed by atoms with van der Waals surface area (Å²) < 4.78 is 6.22. The molecule has 4 rings (SSSR count). The number of rotatable bonds is 6. The van der Waals surface area contributed by atoms with Gasteiger partial charge in [0, 0.05) is 52.4 Å². The van der Waals surface area contributed by atoms with Gasteiger partial charge in [0.15, 0.2) is 5.43 Å². The lowest BCUT2D eigenvalue weighted by atomic mass is 10.0. The second kappa shape index (κ2) is 9.41. The Morgan fingerprint density at radius 1 is 1.18 bits per heavy atom. The lowest BCUT2D eigenvalue weighted by Crippen LogP contribution is -2.12. The summed E-state index contributed by atoms with van der Waals surface area (Å²) in [6.45, 7) is 1.84. The fourth-order valence-corrected chi connectivity index (χ4v) is 4.02. The number of aromatic carboxylic acids is 1. The van der Waals surface area contributed by atoms with E-state index < -0.39 is 12.0 Å². The fourth-order valence-electron chi connectivity index (χ4n) is 3.80. The van der Waals surface area contributed by atoms with Crippen LogP contribution in [0.2, 0.25) is 5.02 Å². The second-order valence-electron chi connectivity index (χ2n) is 7.79. The molecule has 1 heterocycles. The van der Waals surface area contributed by atoms with Crippen LogP contribution < -0.4 is 16.5 Å². The van der Waals surface area contributed by atoms with Crippen LogP contribution in [-0.4, -0.2) is 24.3 Å². The summed E-state index contributed by atoms with van der Waals surface area (Å²) in [6.07, 6.45) is 1.63. The highest BCUT2D eigenvalue weighted by molar-refractivity contribution is 6.31. The number of hydrogen-bond donors (Lipinski definition) is 3. The van der Waals surface area contributed by atoms with Crippen LogP contribution in [0, 0.1) is 0 Å². The molecule has 4 aromatic rings. The number of nitrogens with one attached hydrogen (secondary N) is 1. The minimum atomic E-state index is -1.05. The van der Waals surface area contributed by atoms with E-state index in [-0.39, 0.29) is 11.0 Å². The monoisotopic (exact) mass is 475 g/mol. The topological polar surface area (TPSA) is 118 Å². The van der Waals surface area contributed by atoms with Crippen molar-refractivity contribution < 1.29 is 14.3 Å². The first-order valence-electron chi connectivity index (χ1n) is 10.5. The van der Waals surface area contributed by atoms with Crippen molar-refractivity contribution >= 4 is 46.1 Å². The van der Waals surface area contributed by atoms with E-state index in [9.17, 15) is 14.7 Å². The Balaban J connectivity index is 1.85. The Hall–Kier alpha value is -4.10. The largest absolute Gasteiger partial charge is 0.478 e. The van der Waals surface area contributed by atoms with Gasteiger partial charge in [-0.1, -0.05) is 23.7 Å². The lowest BCUT2D eigenvalue weighted by molar-refractivity contribution is 0.0698. The minimum absolute atomic E-state index is 0.134. The summed E-state index contributed by atoms with van der Waals surface area (Å²) in [5.74, 6) is -0.681. The van der Waals surface area contributed by atoms with Crippen LogP contribution in [0.1, 0.15) is 34.5 Å². The average molecular weight is 476 g/mol. The van der Waals surface area contributed by atoms with E-state index in [1.54, 1.807) is 61.8 Å². The molecular weight excluding hydrogens is 454 g/mol. The number of para-hydroxylation sites is 1. The van der Waals surface area contributed by atoms with E-state index in [1.165, 1.54) is 12.1 Å². The van der Waals surface area contributed by atoms with E-state index >= 15 is 0 Å². The first-order chi connectivity index (χ1) is 16.3. The summed E-state index contributed by atoms with van der Waals surface area (Å²) in [4.78, 5) is 28.6. The normalized spacial score (nSPS) is 12.2. The molecule has 8 heteroatoms. The van der Waals surface area contributed by atoms with Crippen molar-refractivity contribution in [2.24, 2.45) is 4.99 Å². The minimum Gasteiger partial charge on any atom is -0.478 e. The molecule has 1 aromatic heterocycles. The summed E-state index contributed by atoms with van der Waals surface area (Å²) in [6, 6.07) is 16.2. The van der Waals surface area contributed by atoms with Crippen molar-refractivity contribution in [2.45, 2.75) is 13.0 Å². The van der Waals surface area contributed by atoms with Gasteiger partial charge in [-0.2, -0.15) is 0 Å². The van der Waals surface area contributed by atoms with Crippen LogP contribution in [-0.2, 0) is 0 Å². The van der Waals surface area contributed by atoms with Gasteiger partial charge in [-0.25, -0.2) is 4.79 Å². The van der Waals surface area contributed by atoms with E-state index in [0.717, 1.165) is 0 Å². The van der Waals surface area contributed by atoms with Gasteiger partial charge in [0.1, 0.15) is 11.3 Å². The molecule has 0 radical (unpaired) electrons. The van der Waals surface area contributed by atoms with Gasteiger partial charge in [0.05, 0.1) is 17.0 Å². The van der Waals surface area contributed by atoms with Crippen LogP contribution in [0.5, 0.6) is 0 Å². The van der Waals surface area contributed by atoms with Crippen molar-refractivity contribution in [2.75, 3.05) is 18.1 Å². The van der Waals surface area contributed by atoms with Gasteiger partial charge in [-0.3, -0.25) is 9.79 Å². The van der Waals surface area contributed by atoms with Crippen molar-refractivity contribution in [1.82, 2.24) is 0 Å². The maximum absolute atomic E-state index is 13.0. The maximum atomic E-state index is 13.0. The molecule has 0 bridgehead atoms. The standard InChI is InChI=1S/C26H22ClN3O4/c1-14(30-22-6-4-3-5-18(22)26(32)33)19-10-17(27)11-20-23(31)12-24(34-25(19)20)15-7-8-21(28)16(9-15)13-29-2/h3-14,30H,28H2,1-2H3,(H,32,33)/t14-/m1/s1. The molecule has 0 unspecified atom stereocenters. The SMILES string of the molecule is CN=Cc1cc(-c2cc(=O)c3cc(Cl)cc([C@@H](C)Nc4ccccc4C(=O)O)c3o2)ccc1N. The summed E-state index contributed by atoms with van der Waals surface area (Å²) in [5.41, 5.74) is 9.25. The molecule has 1 atom stereocenters. The number of aliphatic imine (C=N–C) groups is 1. The zero-order chi connectivity index (χ0) is 24.4. The third-order valence-electron chi connectivity index (χ3n) is 5.46. The average Bonchev–Trinajstić information content (AvgIpc) is 2.80. The number of hydrogen-bond acceptors (Lipinski definition) is 6. The molecular formula is C26H22ClN3O4. The third kappa shape index (κ3) is 4.51. The van der Waals surface area contributed by atoms with Gasteiger partial charge in [-0.05, 0) is 49.4 Å². The number of benzene rings is 3. The molecule has 3 aromatic carbocycles. The van der Waals surface area contributed by atoms with Crippen LogP contribution in [0.3, 0.4) is 0 Å². The molecule has 34 heavy (non-hydrogen) atoms. The second-order valence-corrected chi connectivity index (χ2v) is 8.23. The van der Waals surface area contributed by atoms with E-state index in [1.807, 2.05) is 6.92 Å². The number of halogens is 1. The summed E-state index contributed by atoms with van der Waals surface area (Å²) in [7, 11) is 1.65. The predicted molar refractivity (Wildman–Crippen MR) is 136 cm³/mol. The predicted octanol–water partition coefficient (Wildman–Crippen LogP) is 5.62. The van der Waals surface area contributed by atoms with E-state index in [0.29, 0.717) is 49.8 Å². The molecule has 0 aliphatic heterocycles. The lowest BCUT2D eigenvalue weighted by Gasteiger charge is -2.19. The molecule has 0 fully saturated rings. The van der Waals surface area contributed by atoms with Crippen molar-refractivity contribution in [3.05, 3.63) is 92.6 Å². The number of nitrogen functional groups attached to an aromatic ring is 1. The highest BCUT2D eigenvalue weighted by Gasteiger charge is 2.19. The number of fused-ring (bicyclic) bond motifs is 1. The molecule has 0 aliphatic carbocycles. The van der Waals surface area contributed by atoms with Gasteiger partial charge >= 0.3 is 5.97 Å². The molecule has 0 saturated heterocycles. The summed E-state index contributed by atoms with van der Waals surface area (Å²) >= 11 is 6.32. The van der Waals surface area contributed by atoms with Gasteiger partial charge < -0.3 is 20.6 Å². The quantitative estimate of drug-likeness (QED) is 0.246. The third-order valence-corrected chi connectivity index (χ3v) is 5.68. The number of nitrogens with two attached hydrogens (primary N) is 1. The van der Waals surface area contributed by atoms with Gasteiger partial charge in [0.2, 0.25) is 0 Å². The molecule has 0 amide bonds. The Bertz CT molecular complexity index is 1490. The zero-order valence-electron chi connectivity index (χ0n) is 18.5. The van der Waals surface area contributed by atoms with Gasteiger partial charge in [-0.15, -0.1) is 0 Å². The first kappa shape index (κ1) is 23.1. The smallest absolute Gasteiger partial charge is 0.337 e. The van der Waals surface area contributed by atoms with Crippen molar-refractivity contribution in [3.8, 4) is 11.3 Å². The zero-order valence-corrected chi connectivity index (χ0v) is 19.3. The highest BCUT2D eigenvalue weighted by atomic mass is 35.5. The molecule has 172 valence electrons. The Morgan fingerprint density at radius 3 is 2.68 bits per heavy atom. The van der Waals surface area contributed by atoms with Crippen LogP contribution in [0.25, 0.3) is 22.3 Å². The Kier molecular flexibility index (Phi) is 6.38. The maximum Gasteiger partial charge on any atom is 0.337 e. The molecule has 0 aliphatic rings.